The molecular weight excluding hydrogens is 627 g/mol. The number of rotatable bonds is 7. The molecule has 0 spiro atoms. The summed E-state index contributed by atoms with van der Waals surface area (Å²) in [6.07, 6.45) is -4.46. The molecule has 2 unspecified atom stereocenters. The standard InChI is InChI=1S/C32H29BrF3N3O4/c1-42-29-25(18-21-17-23(33)11-12-26(21)37-29)27(20-7-4-3-5-8-20)28(31(41)43-2)30(40)39-15-13-38(14-16-39)24-10-6-9-22(19-24)32(34,35)36/h3-12,17-19,27-28H,13-16H2,1-2H3. The van der Waals surface area contributed by atoms with Crippen LogP contribution >= 0.6 is 15.9 Å². The maximum Gasteiger partial charge on any atom is 0.416 e. The van der Waals surface area contributed by atoms with E-state index < -0.39 is 35.5 Å². The van der Waals surface area contributed by atoms with Crippen molar-refractivity contribution in [3.05, 3.63) is 100 Å². The molecule has 1 aromatic heterocycles. The van der Waals surface area contributed by atoms with E-state index in [1.54, 1.807) is 15.9 Å². The first-order chi connectivity index (χ1) is 20.6. The van der Waals surface area contributed by atoms with Gasteiger partial charge >= 0.3 is 12.1 Å². The Hall–Kier alpha value is -4.12. The molecule has 0 bridgehead atoms. The van der Waals surface area contributed by atoms with Crippen LogP contribution in [0.3, 0.4) is 0 Å². The summed E-state index contributed by atoms with van der Waals surface area (Å²) in [7, 11) is 2.73. The van der Waals surface area contributed by atoms with Gasteiger partial charge in [-0.15, -0.1) is 0 Å². The number of carbonyl (C=O) groups excluding carboxylic acids is 2. The lowest BCUT2D eigenvalue weighted by Gasteiger charge is -2.38. The summed E-state index contributed by atoms with van der Waals surface area (Å²) in [6, 6.07) is 21.8. The van der Waals surface area contributed by atoms with Crippen LogP contribution < -0.4 is 9.64 Å². The van der Waals surface area contributed by atoms with Gasteiger partial charge in [-0.1, -0.05) is 52.3 Å². The smallest absolute Gasteiger partial charge is 0.416 e. The van der Waals surface area contributed by atoms with Gasteiger partial charge in [0.15, 0.2) is 0 Å². The molecule has 2 atom stereocenters. The highest BCUT2D eigenvalue weighted by Crippen LogP contribution is 2.40. The molecule has 5 rings (SSSR count). The van der Waals surface area contributed by atoms with Crippen LogP contribution in [0.5, 0.6) is 5.88 Å². The highest BCUT2D eigenvalue weighted by atomic mass is 79.9. The Morgan fingerprint density at radius 2 is 1.63 bits per heavy atom. The van der Waals surface area contributed by atoms with Gasteiger partial charge in [-0.05, 0) is 48.0 Å². The molecule has 0 N–H and O–H groups in total. The fourth-order valence-electron chi connectivity index (χ4n) is 5.51. The number of esters is 1. The Kier molecular flexibility index (Phi) is 8.91. The van der Waals surface area contributed by atoms with E-state index in [-0.39, 0.29) is 19.0 Å². The first-order valence-corrected chi connectivity index (χ1v) is 14.4. The molecule has 2 heterocycles. The van der Waals surface area contributed by atoms with Gasteiger partial charge in [0.25, 0.3) is 0 Å². The molecule has 1 aliphatic rings. The number of benzene rings is 3. The minimum absolute atomic E-state index is 0.212. The van der Waals surface area contributed by atoms with E-state index in [9.17, 15) is 22.8 Å². The van der Waals surface area contributed by atoms with Crippen molar-refractivity contribution in [3.8, 4) is 5.88 Å². The second kappa shape index (κ2) is 12.6. The molecule has 0 saturated carbocycles. The van der Waals surface area contributed by atoms with Crippen molar-refractivity contribution in [1.29, 1.82) is 0 Å². The largest absolute Gasteiger partial charge is 0.481 e. The molecule has 1 aliphatic heterocycles. The molecule has 0 radical (unpaired) electrons. The molecule has 224 valence electrons. The number of halogens is 4. The topological polar surface area (TPSA) is 72.0 Å². The summed E-state index contributed by atoms with van der Waals surface area (Å²) in [6.45, 7) is 1.02. The first kappa shape index (κ1) is 30.3. The number of fused-ring (bicyclic) bond motifs is 1. The van der Waals surface area contributed by atoms with Crippen LogP contribution in [0, 0.1) is 5.92 Å². The number of amides is 1. The highest BCUT2D eigenvalue weighted by Gasteiger charge is 2.42. The maximum absolute atomic E-state index is 14.2. The Balaban J connectivity index is 1.50. The van der Waals surface area contributed by atoms with E-state index in [4.69, 9.17) is 9.47 Å². The second-order valence-electron chi connectivity index (χ2n) is 10.2. The van der Waals surface area contributed by atoms with Gasteiger partial charge in [-0.2, -0.15) is 13.2 Å². The Bertz CT molecular complexity index is 1630. The number of hydrogen-bond donors (Lipinski definition) is 0. The number of carbonyl (C=O) groups is 2. The van der Waals surface area contributed by atoms with Crippen LogP contribution in [0.15, 0.2) is 83.3 Å². The molecule has 7 nitrogen and oxygen atoms in total. The van der Waals surface area contributed by atoms with Crippen molar-refractivity contribution < 1.29 is 32.2 Å². The molecule has 0 aliphatic carbocycles. The van der Waals surface area contributed by atoms with Crippen LogP contribution in [-0.4, -0.2) is 62.2 Å². The molecule has 11 heteroatoms. The number of methoxy groups -OCH3 is 2. The first-order valence-electron chi connectivity index (χ1n) is 13.6. The molecule has 1 amide bonds. The molecule has 4 aromatic rings. The third-order valence-corrected chi connectivity index (χ3v) is 8.13. The maximum atomic E-state index is 14.2. The molecule has 1 saturated heterocycles. The quantitative estimate of drug-likeness (QED) is 0.172. The highest BCUT2D eigenvalue weighted by molar-refractivity contribution is 9.10. The van der Waals surface area contributed by atoms with Crippen molar-refractivity contribution in [1.82, 2.24) is 9.88 Å². The minimum atomic E-state index is -4.46. The number of pyridine rings is 1. The predicted molar refractivity (Wildman–Crippen MR) is 160 cm³/mol. The van der Waals surface area contributed by atoms with E-state index >= 15 is 0 Å². The predicted octanol–water partition coefficient (Wildman–Crippen LogP) is 6.29. The second-order valence-corrected chi connectivity index (χ2v) is 11.1. The summed E-state index contributed by atoms with van der Waals surface area (Å²) in [4.78, 5) is 35.7. The fourth-order valence-corrected chi connectivity index (χ4v) is 5.89. The van der Waals surface area contributed by atoms with Crippen LogP contribution in [0.2, 0.25) is 0 Å². The zero-order valence-electron chi connectivity index (χ0n) is 23.5. The van der Waals surface area contributed by atoms with Gasteiger partial charge in [0.2, 0.25) is 11.8 Å². The van der Waals surface area contributed by atoms with Crippen molar-refractivity contribution >= 4 is 44.4 Å². The van der Waals surface area contributed by atoms with Gasteiger partial charge in [-0.25, -0.2) is 4.98 Å². The number of nitrogens with zero attached hydrogens (tertiary/aromatic N) is 3. The lowest BCUT2D eigenvalue weighted by molar-refractivity contribution is -0.154. The zero-order chi connectivity index (χ0) is 30.7. The van der Waals surface area contributed by atoms with Crippen molar-refractivity contribution in [2.75, 3.05) is 45.3 Å². The number of ether oxygens (including phenoxy) is 2. The zero-order valence-corrected chi connectivity index (χ0v) is 25.1. The van der Waals surface area contributed by atoms with Gasteiger partial charge in [0.05, 0.1) is 25.3 Å². The third-order valence-electron chi connectivity index (χ3n) is 7.64. The van der Waals surface area contributed by atoms with Gasteiger partial charge in [0.1, 0.15) is 5.92 Å². The van der Waals surface area contributed by atoms with Crippen molar-refractivity contribution in [3.63, 3.8) is 0 Å². The summed E-state index contributed by atoms with van der Waals surface area (Å²) in [5.41, 5.74) is 1.62. The normalized spacial score (nSPS) is 15.2. The average Bonchev–Trinajstić information content (AvgIpc) is 3.02. The van der Waals surface area contributed by atoms with Crippen LogP contribution in [0.1, 0.15) is 22.6 Å². The molecular formula is C32H29BrF3N3O4. The number of alkyl halides is 3. The summed E-state index contributed by atoms with van der Waals surface area (Å²) >= 11 is 3.49. The number of hydrogen-bond acceptors (Lipinski definition) is 6. The lowest BCUT2D eigenvalue weighted by atomic mass is 9.79. The van der Waals surface area contributed by atoms with Gasteiger partial charge in [-0.3, -0.25) is 9.59 Å². The molecule has 1 fully saturated rings. The SMILES string of the molecule is COC(=O)C(C(=O)N1CCN(c2cccc(C(F)(F)F)c2)CC1)C(c1ccccc1)c1cc2cc(Br)ccc2nc1OC. The van der Waals surface area contributed by atoms with E-state index in [1.165, 1.54) is 20.3 Å². The summed E-state index contributed by atoms with van der Waals surface area (Å²) in [5.74, 6) is -2.95. The fraction of sp³-hybridized carbons (Fsp3) is 0.281. The van der Waals surface area contributed by atoms with Gasteiger partial charge < -0.3 is 19.3 Å². The van der Waals surface area contributed by atoms with E-state index in [2.05, 4.69) is 20.9 Å². The minimum Gasteiger partial charge on any atom is -0.481 e. The Labute approximate surface area is 255 Å². The number of anilines is 1. The Morgan fingerprint density at radius 3 is 2.28 bits per heavy atom. The molecule has 3 aromatic carbocycles. The number of piperazine rings is 1. The van der Waals surface area contributed by atoms with E-state index in [0.717, 1.165) is 22.0 Å². The summed E-state index contributed by atoms with van der Waals surface area (Å²) < 4.78 is 51.6. The molecule has 43 heavy (non-hydrogen) atoms. The average molecular weight is 656 g/mol. The van der Waals surface area contributed by atoms with Crippen LogP contribution in [0.25, 0.3) is 10.9 Å². The monoisotopic (exact) mass is 655 g/mol. The van der Waals surface area contributed by atoms with Crippen LogP contribution in [0.4, 0.5) is 18.9 Å². The third kappa shape index (κ3) is 6.46. The van der Waals surface area contributed by atoms with E-state index in [0.29, 0.717) is 35.4 Å². The number of aromatic nitrogens is 1. The summed E-state index contributed by atoms with van der Waals surface area (Å²) in [5, 5.41) is 0.789. The van der Waals surface area contributed by atoms with Crippen molar-refractivity contribution in [2.45, 2.75) is 12.1 Å². The van der Waals surface area contributed by atoms with E-state index in [1.807, 2.05) is 54.6 Å². The lowest BCUT2D eigenvalue weighted by Crippen LogP contribution is -2.52. The van der Waals surface area contributed by atoms with Crippen LogP contribution in [-0.2, 0) is 20.5 Å². The van der Waals surface area contributed by atoms with Gasteiger partial charge in [0, 0.05) is 53.2 Å². The Morgan fingerprint density at radius 1 is 0.907 bits per heavy atom. The van der Waals surface area contributed by atoms with Crippen molar-refractivity contribution in [2.24, 2.45) is 5.92 Å².